The topological polar surface area (TPSA) is 255 Å². The Morgan fingerprint density at radius 2 is 1.26 bits per heavy atom. The lowest BCUT2D eigenvalue weighted by Crippen LogP contribution is -2.51. The van der Waals surface area contributed by atoms with Gasteiger partial charge in [0.15, 0.2) is 39.8 Å². The summed E-state index contributed by atoms with van der Waals surface area (Å²) < 4.78 is 74.1. The molecule has 0 bridgehead atoms. The van der Waals surface area contributed by atoms with Crippen LogP contribution in [-0.2, 0) is 70.1 Å². The van der Waals surface area contributed by atoms with Gasteiger partial charge < -0.3 is 61.1 Å². The molecule has 5 aromatic carbocycles. The van der Waals surface area contributed by atoms with Crippen molar-refractivity contribution in [3.63, 3.8) is 0 Å². The molecule has 0 radical (unpaired) electrons. The lowest BCUT2D eigenvalue weighted by Gasteiger charge is -2.42. The molecular formula is C80H95N10O14PSSi2. The van der Waals surface area contributed by atoms with Gasteiger partial charge in [-0.2, -0.15) is 0 Å². The van der Waals surface area contributed by atoms with Crippen molar-refractivity contribution in [2.45, 2.75) is 165 Å². The van der Waals surface area contributed by atoms with Gasteiger partial charge in [0.1, 0.15) is 84.1 Å². The maximum Gasteiger partial charge on any atom is 0.327 e. The number of hydrogen-bond donors (Lipinski definition) is 1. The van der Waals surface area contributed by atoms with Crippen LogP contribution in [-0.4, -0.2) is 152 Å². The number of nitrogens with zero attached hydrogens (tertiary/aromatic N) is 9. The van der Waals surface area contributed by atoms with Crippen LogP contribution in [0.25, 0.3) is 27.0 Å². The molecule has 6 heterocycles. The van der Waals surface area contributed by atoms with Crippen LogP contribution in [0.3, 0.4) is 0 Å². The third kappa shape index (κ3) is 16.7. The first-order chi connectivity index (χ1) is 51.6. The maximum absolute atomic E-state index is 14.5. The fourth-order valence-corrected chi connectivity index (χ4v) is 18.5. The van der Waals surface area contributed by atoms with Crippen LogP contribution in [0.5, 0.6) is 11.5 Å². The van der Waals surface area contributed by atoms with E-state index in [0.29, 0.717) is 53.5 Å². The molecule has 28 heteroatoms. The van der Waals surface area contributed by atoms with Gasteiger partial charge in [-0.05, 0) is 145 Å². The summed E-state index contributed by atoms with van der Waals surface area (Å²) in [6.07, 6.45) is 1.19. The van der Waals surface area contributed by atoms with Gasteiger partial charge in [-0.3, -0.25) is 28.4 Å². The summed E-state index contributed by atoms with van der Waals surface area (Å²) in [6.45, 7) is 26.2. The van der Waals surface area contributed by atoms with E-state index in [4.69, 9.17) is 84.4 Å². The van der Waals surface area contributed by atoms with Crippen LogP contribution < -0.4 is 19.7 Å². The van der Waals surface area contributed by atoms with Crippen molar-refractivity contribution < 1.29 is 65.3 Å². The van der Waals surface area contributed by atoms with Gasteiger partial charge in [0, 0.05) is 36.2 Å². The second kappa shape index (κ2) is 32.8. The second-order valence-corrected chi connectivity index (χ2v) is 43.0. The third-order valence-corrected chi connectivity index (χ3v) is 32.8. The Labute approximate surface area is 637 Å². The Hall–Kier alpha value is -8.76. The van der Waals surface area contributed by atoms with Gasteiger partial charge in [-0.15, -0.1) is 0 Å². The number of nitrogens with one attached hydrogen (secondary N) is 1. The van der Waals surface area contributed by atoms with Gasteiger partial charge in [0.25, 0.3) is 11.8 Å². The standard InChI is InChI=1S/C80H95N10O14PSSi2/c1-52(91)32-41-64(92)101-67-56(45-62(68(67)103-107(11,12)78(2,3)4)89-46-55-29-24-43-88(72-65(55)73(89)84-50-83-72)76(94)54-27-20-16-21-28-54)47-99-105(106,98-44-42-81-8)102-70-69(104-108(13,14)79(5,6)7)63(100-77(70)90-51-86-66-71(82-49-85-74(66)90)87-75(93)53-25-18-15-19-26-53)48-97-80(57-30-22-17-23-31-57,58-33-37-60(95-9)38-34-58)59-35-39-61(96-10)40-36-59/h15-23,25-28,30-31,33-40,46,49-51,56,62-63,67-70,77H,24,29,32,41-45,47-48H2,1-7,9-14H3,(H,82,85,87,93)/t56-,62-,63-,67-,68+,69-,70-,77-,105?/m1/s1. The van der Waals surface area contributed by atoms with E-state index in [9.17, 15) is 19.2 Å². The Morgan fingerprint density at radius 1 is 0.676 bits per heavy atom. The maximum atomic E-state index is 14.5. The molecule has 568 valence electrons. The molecule has 0 spiro atoms. The number of carbonyl (C=O) groups is 4. The number of esters is 1. The SMILES string of the molecule is [C-]#[N+]CCOP(=S)(OC[C@H]1C[C@@H](n2cc3c4c(ncnc42)N(C(=O)c2ccccc2)CCC3)[C@H](O[Si](C)(C)C(C)(C)C)[C@@H]1OC(=O)CCC(C)=O)O[C@@H]1[C@H](O[Si](C)(C)C(C)(C)C)[C@@H](COC(c2ccccc2)(c2ccc(OC)cc2)c2ccc(OC)cc2)O[C@H]1n1cnc2c(NC(=O)c3ccccc3)ncnc21. The Balaban J connectivity index is 0.991. The predicted molar refractivity (Wildman–Crippen MR) is 419 cm³/mol. The molecule has 12 rings (SSSR count). The highest BCUT2D eigenvalue weighted by Gasteiger charge is 2.57. The van der Waals surface area contributed by atoms with Crippen molar-refractivity contribution in [1.29, 1.82) is 0 Å². The largest absolute Gasteiger partial charge is 0.497 e. The van der Waals surface area contributed by atoms with Crippen LogP contribution in [0.15, 0.2) is 165 Å². The number of hydrogen-bond acceptors (Lipinski definition) is 20. The van der Waals surface area contributed by atoms with E-state index in [-0.39, 0.29) is 79.3 Å². The summed E-state index contributed by atoms with van der Waals surface area (Å²) in [5.41, 5.74) is 3.85. The number of methoxy groups -OCH3 is 2. The number of fused-ring (bicyclic) bond motifs is 1. The van der Waals surface area contributed by atoms with Gasteiger partial charge in [0.05, 0.1) is 51.6 Å². The number of aryl methyl sites for hydroxylation is 1. The number of ketones is 1. The first-order valence-electron chi connectivity index (χ1n) is 36.4. The molecule has 3 aliphatic rings. The smallest absolute Gasteiger partial charge is 0.327 e. The number of carbonyl (C=O) groups excluding carboxylic acids is 4. The molecular weight excluding hydrogens is 1440 g/mol. The van der Waals surface area contributed by atoms with Gasteiger partial charge >= 0.3 is 12.7 Å². The van der Waals surface area contributed by atoms with Crippen LogP contribution in [0.1, 0.15) is 129 Å². The van der Waals surface area contributed by atoms with E-state index >= 15 is 0 Å². The molecule has 24 nitrogen and oxygen atoms in total. The molecule has 2 aliphatic heterocycles. The number of imidazole rings is 1. The lowest BCUT2D eigenvalue weighted by molar-refractivity contribution is -0.157. The molecule has 2 amide bonds. The molecule has 1 unspecified atom stereocenters. The summed E-state index contributed by atoms with van der Waals surface area (Å²) in [5.74, 6) is -0.241. The molecule has 2 fully saturated rings. The minimum Gasteiger partial charge on any atom is -0.497 e. The van der Waals surface area contributed by atoms with E-state index in [1.54, 1.807) is 60.1 Å². The second-order valence-electron chi connectivity index (χ2n) is 30.6. The Kier molecular flexibility index (Phi) is 24.0. The minimum absolute atomic E-state index is 0.0518. The first-order valence-corrected chi connectivity index (χ1v) is 44.8. The first kappa shape index (κ1) is 78.8. The summed E-state index contributed by atoms with van der Waals surface area (Å²) in [5, 5.41) is 2.90. The average molecular weight is 1540 g/mol. The fourth-order valence-electron chi connectivity index (χ4n) is 13.7. The number of anilines is 2. The van der Waals surface area contributed by atoms with E-state index in [1.165, 1.54) is 25.9 Å². The normalized spacial score (nSPS) is 20.4. The molecule has 108 heavy (non-hydrogen) atoms. The van der Waals surface area contributed by atoms with Crippen molar-refractivity contribution in [2.24, 2.45) is 5.92 Å². The highest BCUT2D eigenvalue weighted by Crippen LogP contribution is 2.58. The number of Topliss-reactive ketones (excluding diaryl/α,β-unsaturated/α-hetero) is 1. The van der Waals surface area contributed by atoms with Crippen molar-refractivity contribution >= 4 is 92.6 Å². The number of benzene rings is 5. The Morgan fingerprint density at radius 3 is 1.86 bits per heavy atom. The fraction of sp³-hybridized carbons (Fsp3) is 0.425. The van der Waals surface area contributed by atoms with Crippen LogP contribution >= 0.6 is 6.72 Å². The van der Waals surface area contributed by atoms with Crippen molar-refractivity contribution in [2.75, 3.05) is 57.3 Å². The zero-order valence-corrected chi connectivity index (χ0v) is 67.1. The van der Waals surface area contributed by atoms with E-state index in [1.807, 2.05) is 103 Å². The number of amides is 2. The zero-order valence-electron chi connectivity index (χ0n) is 63.4. The van der Waals surface area contributed by atoms with Crippen LogP contribution in [0, 0.1) is 12.5 Å². The molecule has 1 saturated heterocycles. The van der Waals surface area contributed by atoms with Crippen molar-refractivity contribution in [3.8, 4) is 11.5 Å². The van der Waals surface area contributed by atoms with E-state index < -0.39 is 94.6 Å². The minimum atomic E-state index is -4.27. The van der Waals surface area contributed by atoms with Crippen molar-refractivity contribution in [1.82, 2.24) is 34.1 Å². The summed E-state index contributed by atoms with van der Waals surface area (Å²) in [7, 11) is -2.57. The van der Waals surface area contributed by atoms with Gasteiger partial charge in [-0.1, -0.05) is 133 Å². The lowest BCUT2D eigenvalue weighted by atomic mass is 9.80. The Bertz CT molecular complexity index is 4720. The summed E-state index contributed by atoms with van der Waals surface area (Å²) in [6, 6.07) is 42.6. The predicted octanol–water partition coefficient (Wildman–Crippen LogP) is 15.2. The molecule has 9 aromatic rings. The van der Waals surface area contributed by atoms with Gasteiger partial charge in [0.2, 0.25) is 6.54 Å². The number of aromatic nitrogens is 7. The molecule has 1 saturated carbocycles. The van der Waals surface area contributed by atoms with Gasteiger partial charge in [-0.25, -0.2) is 31.5 Å². The summed E-state index contributed by atoms with van der Waals surface area (Å²) >= 11 is 6.78. The molecule has 1 N–H and O–H groups in total. The monoisotopic (exact) mass is 1540 g/mol. The van der Waals surface area contributed by atoms with E-state index in [2.05, 4.69) is 93.6 Å². The third-order valence-electron chi connectivity index (χ3n) is 21.5. The zero-order chi connectivity index (χ0) is 76.9. The molecule has 4 aromatic heterocycles. The van der Waals surface area contributed by atoms with Crippen molar-refractivity contribution in [3.05, 3.63) is 210 Å². The quantitative estimate of drug-likeness (QED) is 0.0114. The highest BCUT2D eigenvalue weighted by atomic mass is 32.5. The summed E-state index contributed by atoms with van der Waals surface area (Å²) in [4.78, 5) is 84.9. The molecule has 1 aliphatic carbocycles. The van der Waals surface area contributed by atoms with Crippen LogP contribution in [0.2, 0.25) is 36.3 Å². The molecule has 9 atom stereocenters. The average Bonchev–Trinajstić information content (AvgIpc) is 1.56. The number of rotatable bonds is 29. The highest BCUT2D eigenvalue weighted by molar-refractivity contribution is 8.07. The van der Waals surface area contributed by atoms with Crippen LogP contribution in [0.4, 0.5) is 11.6 Å². The van der Waals surface area contributed by atoms with E-state index in [0.717, 1.165) is 27.6 Å². The number of ether oxygens (including phenoxy) is 5.